The number of rotatable bonds is 8. The van der Waals surface area contributed by atoms with E-state index in [4.69, 9.17) is 21.1 Å². The fraction of sp³-hybridized carbons (Fsp3) is 0.222. The van der Waals surface area contributed by atoms with Gasteiger partial charge >= 0.3 is 5.97 Å². The number of benzene rings is 2. The lowest BCUT2D eigenvalue weighted by molar-refractivity contribution is -0.384. The first-order chi connectivity index (χ1) is 12.9. The Kier molecular flexibility index (Phi) is 7.27. The van der Waals surface area contributed by atoms with Gasteiger partial charge in [-0.2, -0.15) is 0 Å². The Bertz CT molecular complexity index is 838. The maximum atomic E-state index is 12.3. The SMILES string of the molecule is CCOCCOC(=O)c1ccc(NC(=O)c2ccc([N+](=O)[O-])cc2Cl)cc1. The third kappa shape index (κ3) is 5.77. The molecule has 2 rings (SSSR count). The minimum Gasteiger partial charge on any atom is -0.460 e. The molecule has 0 aliphatic heterocycles. The van der Waals surface area contributed by atoms with Crippen molar-refractivity contribution >= 4 is 34.9 Å². The quantitative estimate of drug-likeness (QED) is 0.317. The van der Waals surface area contributed by atoms with Gasteiger partial charge in [-0.3, -0.25) is 14.9 Å². The lowest BCUT2D eigenvalue weighted by atomic mass is 10.1. The van der Waals surface area contributed by atoms with E-state index in [-0.39, 0.29) is 22.9 Å². The number of nitrogens with zero attached hydrogens (tertiary/aromatic N) is 1. The lowest BCUT2D eigenvalue weighted by Gasteiger charge is -2.08. The van der Waals surface area contributed by atoms with Crippen molar-refractivity contribution in [2.24, 2.45) is 0 Å². The van der Waals surface area contributed by atoms with Crippen LogP contribution in [0.25, 0.3) is 0 Å². The van der Waals surface area contributed by atoms with E-state index in [0.717, 1.165) is 6.07 Å². The van der Waals surface area contributed by atoms with Crippen LogP contribution in [0.15, 0.2) is 42.5 Å². The van der Waals surface area contributed by atoms with Crippen LogP contribution in [0.4, 0.5) is 11.4 Å². The number of halogens is 1. The van der Waals surface area contributed by atoms with Crippen molar-refractivity contribution < 1.29 is 24.0 Å². The molecule has 27 heavy (non-hydrogen) atoms. The summed E-state index contributed by atoms with van der Waals surface area (Å²) in [5, 5.41) is 13.3. The second-order valence-electron chi connectivity index (χ2n) is 5.29. The summed E-state index contributed by atoms with van der Waals surface area (Å²) in [6.07, 6.45) is 0. The van der Waals surface area contributed by atoms with E-state index in [0.29, 0.717) is 24.5 Å². The zero-order valence-corrected chi connectivity index (χ0v) is 15.2. The molecule has 142 valence electrons. The van der Waals surface area contributed by atoms with Crippen LogP contribution in [0.2, 0.25) is 5.02 Å². The standard InChI is InChI=1S/C18H17ClN2O6/c1-2-26-9-10-27-18(23)12-3-5-13(6-4-12)20-17(22)15-8-7-14(21(24)25)11-16(15)19/h3-8,11H,2,9-10H2,1H3,(H,20,22). The highest BCUT2D eigenvalue weighted by atomic mass is 35.5. The van der Waals surface area contributed by atoms with Crippen LogP contribution in [-0.2, 0) is 9.47 Å². The van der Waals surface area contributed by atoms with Crippen LogP contribution in [0.5, 0.6) is 0 Å². The molecule has 0 saturated heterocycles. The number of carbonyl (C=O) groups is 2. The molecule has 0 bridgehead atoms. The van der Waals surface area contributed by atoms with E-state index in [1.54, 1.807) is 0 Å². The van der Waals surface area contributed by atoms with Crippen molar-refractivity contribution in [2.75, 3.05) is 25.1 Å². The Morgan fingerprint density at radius 1 is 1.15 bits per heavy atom. The molecule has 2 aromatic rings. The number of carbonyl (C=O) groups excluding carboxylic acids is 2. The molecule has 1 amide bonds. The van der Waals surface area contributed by atoms with Crippen LogP contribution in [0, 0.1) is 10.1 Å². The molecule has 2 aromatic carbocycles. The third-order valence-corrected chi connectivity index (χ3v) is 3.76. The molecule has 0 saturated carbocycles. The second kappa shape index (κ2) is 9.65. The van der Waals surface area contributed by atoms with E-state index in [1.807, 2.05) is 6.92 Å². The first-order valence-electron chi connectivity index (χ1n) is 8.02. The van der Waals surface area contributed by atoms with Gasteiger partial charge in [-0.1, -0.05) is 11.6 Å². The number of nitro benzene ring substituents is 1. The Morgan fingerprint density at radius 2 is 1.85 bits per heavy atom. The highest BCUT2D eigenvalue weighted by Gasteiger charge is 2.15. The van der Waals surface area contributed by atoms with Gasteiger partial charge in [0.25, 0.3) is 11.6 Å². The topological polar surface area (TPSA) is 108 Å². The van der Waals surface area contributed by atoms with E-state index in [1.165, 1.54) is 36.4 Å². The normalized spacial score (nSPS) is 10.3. The molecule has 0 atom stereocenters. The number of anilines is 1. The molecule has 0 radical (unpaired) electrons. The van der Waals surface area contributed by atoms with Gasteiger partial charge in [0.15, 0.2) is 0 Å². The van der Waals surface area contributed by atoms with Gasteiger partial charge in [0.1, 0.15) is 6.61 Å². The molecule has 0 aliphatic carbocycles. The first kappa shape index (κ1) is 20.3. The van der Waals surface area contributed by atoms with E-state index in [2.05, 4.69) is 5.32 Å². The summed E-state index contributed by atoms with van der Waals surface area (Å²) in [5.74, 6) is -1.02. The van der Waals surface area contributed by atoms with Crippen molar-refractivity contribution in [3.8, 4) is 0 Å². The fourth-order valence-corrected chi connectivity index (χ4v) is 2.37. The average molecular weight is 393 g/mol. The number of ether oxygens (including phenoxy) is 2. The van der Waals surface area contributed by atoms with Crippen molar-refractivity contribution in [3.63, 3.8) is 0 Å². The lowest BCUT2D eigenvalue weighted by Crippen LogP contribution is -2.13. The number of nitro groups is 1. The molecule has 0 aromatic heterocycles. The third-order valence-electron chi connectivity index (χ3n) is 3.45. The van der Waals surface area contributed by atoms with Crippen molar-refractivity contribution in [2.45, 2.75) is 6.92 Å². The average Bonchev–Trinajstić information content (AvgIpc) is 2.65. The Labute approximate surface area is 160 Å². The summed E-state index contributed by atoms with van der Waals surface area (Å²) in [7, 11) is 0. The Hall–Kier alpha value is -2.97. The van der Waals surface area contributed by atoms with Gasteiger partial charge in [-0.05, 0) is 37.3 Å². The Morgan fingerprint density at radius 3 is 2.44 bits per heavy atom. The predicted molar refractivity (Wildman–Crippen MR) is 99.3 cm³/mol. The summed E-state index contributed by atoms with van der Waals surface area (Å²) >= 11 is 5.94. The molecule has 0 unspecified atom stereocenters. The van der Waals surface area contributed by atoms with E-state index >= 15 is 0 Å². The second-order valence-corrected chi connectivity index (χ2v) is 5.69. The van der Waals surface area contributed by atoms with E-state index in [9.17, 15) is 19.7 Å². The van der Waals surface area contributed by atoms with Crippen molar-refractivity contribution in [1.29, 1.82) is 0 Å². The zero-order chi connectivity index (χ0) is 19.8. The maximum absolute atomic E-state index is 12.3. The highest BCUT2D eigenvalue weighted by molar-refractivity contribution is 6.34. The predicted octanol–water partition coefficient (Wildman–Crippen LogP) is 3.69. The summed E-state index contributed by atoms with van der Waals surface area (Å²) in [4.78, 5) is 34.2. The minimum atomic E-state index is -0.597. The van der Waals surface area contributed by atoms with Gasteiger partial charge < -0.3 is 14.8 Å². The maximum Gasteiger partial charge on any atom is 0.338 e. The monoisotopic (exact) mass is 392 g/mol. The molecule has 0 fully saturated rings. The van der Waals surface area contributed by atoms with Crippen LogP contribution in [0.1, 0.15) is 27.6 Å². The first-order valence-corrected chi connectivity index (χ1v) is 8.40. The molecule has 0 heterocycles. The van der Waals surface area contributed by atoms with Crippen LogP contribution < -0.4 is 5.32 Å². The Balaban J connectivity index is 1.98. The number of amides is 1. The number of hydrogen-bond acceptors (Lipinski definition) is 6. The van der Waals surface area contributed by atoms with Gasteiger partial charge in [0.05, 0.1) is 27.7 Å². The van der Waals surface area contributed by atoms with Gasteiger partial charge in [0.2, 0.25) is 0 Å². The van der Waals surface area contributed by atoms with Gasteiger partial charge in [0, 0.05) is 24.4 Å². The molecular formula is C18H17ClN2O6. The van der Waals surface area contributed by atoms with Crippen LogP contribution >= 0.6 is 11.6 Å². The molecule has 1 N–H and O–H groups in total. The molecule has 0 aliphatic rings. The smallest absolute Gasteiger partial charge is 0.338 e. The van der Waals surface area contributed by atoms with Crippen molar-refractivity contribution in [1.82, 2.24) is 0 Å². The number of esters is 1. The van der Waals surface area contributed by atoms with Gasteiger partial charge in [-0.15, -0.1) is 0 Å². The van der Waals surface area contributed by atoms with Crippen LogP contribution in [-0.4, -0.2) is 36.6 Å². The molecule has 9 heteroatoms. The minimum absolute atomic E-state index is 0.0313. The number of hydrogen-bond donors (Lipinski definition) is 1. The number of non-ortho nitro benzene ring substituents is 1. The summed E-state index contributed by atoms with van der Waals surface area (Å²) in [6, 6.07) is 9.68. The summed E-state index contributed by atoms with van der Waals surface area (Å²) in [5.41, 5.74) is 0.656. The van der Waals surface area contributed by atoms with Crippen LogP contribution in [0.3, 0.4) is 0 Å². The molecular weight excluding hydrogens is 376 g/mol. The summed E-state index contributed by atoms with van der Waals surface area (Å²) in [6.45, 7) is 2.87. The zero-order valence-electron chi connectivity index (χ0n) is 14.4. The molecule has 8 nitrogen and oxygen atoms in total. The highest BCUT2D eigenvalue weighted by Crippen LogP contribution is 2.23. The number of nitrogens with one attached hydrogen (secondary N) is 1. The van der Waals surface area contributed by atoms with Crippen molar-refractivity contribution in [3.05, 3.63) is 68.7 Å². The largest absolute Gasteiger partial charge is 0.460 e. The summed E-state index contributed by atoms with van der Waals surface area (Å²) < 4.78 is 10.1. The fourth-order valence-electron chi connectivity index (χ4n) is 2.11. The van der Waals surface area contributed by atoms with E-state index < -0.39 is 16.8 Å². The molecule has 0 spiro atoms. The van der Waals surface area contributed by atoms with Gasteiger partial charge in [-0.25, -0.2) is 4.79 Å².